The van der Waals surface area contributed by atoms with Crippen LogP contribution in [0.5, 0.6) is 0 Å². The van der Waals surface area contributed by atoms with E-state index in [0.717, 1.165) is 0 Å². The third-order valence-electron chi connectivity index (χ3n) is 0.945. The molecule has 53 valence electrons. The van der Waals surface area contributed by atoms with E-state index in [1.54, 1.807) is 7.05 Å². The molecule has 1 heterocycles. The van der Waals surface area contributed by atoms with Crippen LogP contribution in [-0.2, 0) is 11.8 Å². The van der Waals surface area contributed by atoms with E-state index in [1.807, 2.05) is 0 Å². The number of anilines is 1. The van der Waals surface area contributed by atoms with Crippen molar-refractivity contribution >= 4 is 11.9 Å². The Morgan fingerprint density at radius 1 is 1.80 bits per heavy atom. The number of hydrogen-bond donors (Lipinski definition) is 1. The van der Waals surface area contributed by atoms with Crippen LogP contribution in [0.3, 0.4) is 0 Å². The molecule has 1 aromatic rings. The number of carbonyl (C=O) groups is 1. The minimum atomic E-state index is -0.162. The second-order valence-electron chi connectivity index (χ2n) is 1.86. The third-order valence-corrected chi connectivity index (χ3v) is 0.945. The quantitative estimate of drug-likeness (QED) is 0.574. The summed E-state index contributed by atoms with van der Waals surface area (Å²) in [6, 6.07) is 0. The highest BCUT2D eigenvalue weighted by atomic mass is 16.1. The molecule has 1 radical (unpaired) electrons. The number of aryl methyl sites for hydroxylation is 1. The number of nitrogens with one attached hydrogen (secondary N) is 1. The molecule has 10 heavy (non-hydrogen) atoms. The van der Waals surface area contributed by atoms with Crippen molar-refractivity contribution in [2.75, 3.05) is 5.32 Å². The summed E-state index contributed by atoms with van der Waals surface area (Å²) in [5, 5.41) is 9.50. The first-order valence-electron chi connectivity index (χ1n) is 2.75. The summed E-state index contributed by atoms with van der Waals surface area (Å²) < 4.78 is 1.50. The van der Waals surface area contributed by atoms with Gasteiger partial charge in [0, 0.05) is 14.0 Å². The smallest absolute Gasteiger partial charge is 0.231 e. The molecular weight excluding hydrogens is 132 g/mol. The lowest BCUT2D eigenvalue weighted by atomic mass is 10.7. The summed E-state index contributed by atoms with van der Waals surface area (Å²) in [6.45, 7) is 1.41. The van der Waals surface area contributed by atoms with Gasteiger partial charge in [-0.1, -0.05) is 0 Å². The predicted octanol–water partition coefficient (Wildman–Crippen LogP) is -0.426. The average Bonchev–Trinajstić information content (AvgIpc) is 2.15. The molecule has 0 saturated heterocycles. The zero-order valence-electron chi connectivity index (χ0n) is 5.75. The predicted molar refractivity (Wildman–Crippen MR) is 34.1 cm³/mol. The number of nitrogens with zero attached hydrogens (tertiary/aromatic N) is 3. The Labute approximate surface area is 58.1 Å². The summed E-state index contributed by atoms with van der Waals surface area (Å²) in [7, 11) is 1.70. The van der Waals surface area contributed by atoms with Crippen molar-refractivity contribution < 1.29 is 4.79 Å². The molecule has 0 bridgehead atoms. The minimum absolute atomic E-state index is 0.162. The van der Waals surface area contributed by atoms with E-state index in [1.165, 1.54) is 11.5 Å². The fourth-order valence-corrected chi connectivity index (χ4v) is 0.518. The topological polar surface area (TPSA) is 59.8 Å². The van der Waals surface area contributed by atoms with Crippen LogP contribution in [0.15, 0.2) is 0 Å². The number of amides is 1. The van der Waals surface area contributed by atoms with Gasteiger partial charge in [-0.2, -0.15) is 0 Å². The molecule has 0 unspecified atom stereocenters. The second-order valence-corrected chi connectivity index (χ2v) is 1.86. The Morgan fingerprint density at radius 2 is 2.50 bits per heavy atom. The molecule has 1 aromatic heterocycles. The fraction of sp³-hybridized carbons (Fsp3) is 0.400. The van der Waals surface area contributed by atoms with Gasteiger partial charge >= 0.3 is 0 Å². The molecule has 1 amide bonds. The van der Waals surface area contributed by atoms with Crippen LogP contribution < -0.4 is 5.32 Å². The molecule has 0 spiro atoms. The SMILES string of the molecule is CC(=O)Nc1nn[c]n1C. The average molecular weight is 139 g/mol. The van der Waals surface area contributed by atoms with Crippen molar-refractivity contribution in [1.29, 1.82) is 0 Å². The monoisotopic (exact) mass is 139 g/mol. The molecule has 0 aliphatic heterocycles. The number of rotatable bonds is 1. The van der Waals surface area contributed by atoms with Crippen molar-refractivity contribution in [3.8, 4) is 0 Å². The first-order valence-corrected chi connectivity index (χ1v) is 2.75. The van der Waals surface area contributed by atoms with Crippen LogP contribution in [0.1, 0.15) is 6.92 Å². The van der Waals surface area contributed by atoms with Crippen LogP contribution in [0.2, 0.25) is 0 Å². The Balaban J connectivity index is 2.74. The minimum Gasteiger partial charge on any atom is -0.295 e. The first kappa shape index (κ1) is 6.73. The van der Waals surface area contributed by atoms with Gasteiger partial charge in [-0.15, -0.1) is 10.2 Å². The third kappa shape index (κ3) is 1.31. The lowest BCUT2D eigenvalue weighted by molar-refractivity contribution is -0.114. The largest absolute Gasteiger partial charge is 0.295 e. The molecule has 1 N–H and O–H groups in total. The first-order chi connectivity index (χ1) is 4.70. The molecule has 0 saturated carbocycles. The van der Waals surface area contributed by atoms with E-state index in [4.69, 9.17) is 0 Å². The van der Waals surface area contributed by atoms with Gasteiger partial charge in [0.1, 0.15) is 0 Å². The molecule has 0 fully saturated rings. The Bertz CT molecular complexity index is 242. The molecule has 1 rings (SSSR count). The van der Waals surface area contributed by atoms with Crippen molar-refractivity contribution in [2.45, 2.75) is 6.92 Å². The zero-order chi connectivity index (χ0) is 7.56. The molecule has 0 aliphatic carbocycles. The molecule has 0 aromatic carbocycles. The summed E-state index contributed by atoms with van der Waals surface area (Å²) >= 11 is 0. The Morgan fingerprint density at radius 3 is 2.90 bits per heavy atom. The molecule has 0 atom stereocenters. The standard InChI is InChI=1S/C5H7N4O/c1-4(10)7-5-8-6-3-9(5)2/h1-2H3,(H,7,8,10). The van der Waals surface area contributed by atoms with E-state index >= 15 is 0 Å². The van der Waals surface area contributed by atoms with Gasteiger partial charge in [0.15, 0.2) is 0 Å². The van der Waals surface area contributed by atoms with Crippen molar-refractivity contribution in [2.24, 2.45) is 7.05 Å². The lowest BCUT2D eigenvalue weighted by Gasteiger charge is -1.96. The van der Waals surface area contributed by atoms with E-state index in [9.17, 15) is 4.79 Å². The van der Waals surface area contributed by atoms with Gasteiger partial charge in [-0.25, -0.2) is 0 Å². The summed E-state index contributed by atoms with van der Waals surface area (Å²) in [4.78, 5) is 10.5. The molecule has 5 nitrogen and oxygen atoms in total. The summed E-state index contributed by atoms with van der Waals surface area (Å²) in [5.41, 5.74) is 0. The normalized spacial score (nSPS) is 9.40. The molecule has 5 heteroatoms. The van der Waals surface area contributed by atoms with Crippen molar-refractivity contribution in [1.82, 2.24) is 14.8 Å². The van der Waals surface area contributed by atoms with E-state index in [2.05, 4.69) is 21.8 Å². The molecular formula is C5H7N4O. The van der Waals surface area contributed by atoms with Gasteiger partial charge in [0.25, 0.3) is 0 Å². The summed E-state index contributed by atoms with van der Waals surface area (Å²) in [5.74, 6) is 0.247. The van der Waals surface area contributed by atoms with Crippen molar-refractivity contribution in [3.05, 3.63) is 6.33 Å². The van der Waals surface area contributed by atoms with Gasteiger partial charge in [0.05, 0.1) is 0 Å². The summed E-state index contributed by atoms with van der Waals surface area (Å²) in [6.07, 6.45) is 2.51. The maximum atomic E-state index is 10.5. The van der Waals surface area contributed by atoms with Crippen LogP contribution in [-0.4, -0.2) is 20.7 Å². The Kier molecular flexibility index (Phi) is 1.66. The fourth-order valence-electron chi connectivity index (χ4n) is 0.518. The maximum Gasteiger partial charge on any atom is 0.231 e. The van der Waals surface area contributed by atoms with Crippen LogP contribution in [0.25, 0.3) is 0 Å². The highest BCUT2D eigenvalue weighted by Crippen LogP contribution is 1.95. The lowest BCUT2D eigenvalue weighted by Crippen LogP contribution is -2.10. The van der Waals surface area contributed by atoms with Gasteiger partial charge in [0.2, 0.25) is 18.2 Å². The highest BCUT2D eigenvalue weighted by molar-refractivity contribution is 5.86. The second kappa shape index (κ2) is 2.47. The van der Waals surface area contributed by atoms with Gasteiger partial charge in [-0.05, 0) is 0 Å². The van der Waals surface area contributed by atoms with E-state index in [-0.39, 0.29) is 5.91 Å². The maximum absolute atomic E-state index is 10.5. The van der Waals surface area contributed by atoms with E-state index < -0.39 is 0 Å². The molecule has 0 aliphatic rings. The Hall–Kier alpha value is -1.39. The van der Waals surface area contributed by atoms with Crippen molar-refractivity contribution in [3.63, 3.8) is 0 Å². The van der Waals surface area contributed by atoms with Gasteiger partial charge < -0.3 is 0 Å². The zero-order valence-corrected chi connectivity index (χ0v) is 5.75. The van der Waals surface area contributed by atoms with E-state index in [0.29, 0.717) is 5.95 Å². The highest BCUT2D eigenvalue weighted by Gasteiger charge is 2.00. The van der Waals surface area contributed by atoms with Crippen LogP contribution >= 0.6 is 0 Å². The number of carbonyl (C=O) groups excluding carboxylic acids is 1. The number of hydrogen-bond acceptors (Lipinski definition) is 3. The van der Waals surface area contributed by atoms with Crippen LogP contribution in [0, 0.1) is 6.33 Å². The van der Waals surface area contributed by atoms with Crippen LogP contribution in [0.4, 0.5) is 5.95 Å². The number of aromatic nitrogens is 3. The van der Waals surface area contributed by atoms with Gasteiger partial charge in [-0.3, -0.25) is 14.7 Å².